The second kappa shape index (κ2) is 6.94. The van der Waals surface area contributed by atoms with Crippen LogP contribution >= 0.6 is 0 Å². The standard InChI is InChI=1S/C19H24FN3O2/c1-19(2,3)11-16(24)23-10-4-5-14(12-23)18-22-21-17(25-18)13-6-8-15(20)9-7-13/h6-9,14H,4-5,10-12H2,1-3H3. The molecular weight excluding hydrogens is 321 g/mol. The Kier molecular flexibility index (Phi) is 4.88. The van der Waals surface area contributed by atoms with Crippen LogP contribution in [0, 0.1) is 11.2 Å². The molecule has 1 fully saturated rings. The van der Waals surface area contributed by atoms with Gasteiger partial charge in [-0.15, -0.1) is 10.2 Å². The maximum atomic E-state index is 13.0. The second-order valence-electron chi connectivity index (χ2n) is 7.87. The molecule has 0 saturated carbocycles. The fraction of sp³-hybridized carbons (Fsp3) is 0.526. The van der Waals surface area contributed by atoms with Crippen LogP contribution in [0.1, 0.15) is 51.8 Å². The number of rotatable bonds is 3. The molecule has 0 N–H and O–H groups in total. The van der Waals surface area contributed by atoms with Crippen LogP contribution in [0.4, 0.5) is 4.39 Å². The molecule has 2 heterocycles. The number of benzene rings is 1. The molecule has 1 aromatic carbocycles. The van der Waals surface area contributed by atoms with E-state index in [1.54, 1.807) is 12.1 Å². The Balaban J connectivity index is 1.70. The number of piperidine rings is 1. The van der Waals surface area contributed by atoms with Gasteiger partial charge in [-0.2, -0.15) is 0 Å². The molecule has 3 rings (SSSR count). The number of halogens is 1. The first kappa shape index (κ1) is 17.6. The summed E-state index contributed by atoms with van der Waals surface area (Å²) >= 11 is 0. The van der Waals surface area contributed by atoms with Crippen molar-refractivity contribution in [2.24, 2.45) is 5.41 Å². The maximum absolute atomic E-state index is 13.0. The van der Waals surface area contributed by atoms with Crippen molar-refractivity contribution in [2.45, 2.75) is 46.0 Å². The van der Waals surface area contributed by atoms with Gasteiger partial charge in [0.15, 0.2) is 0 Å². The number of likely N-dealkylation sites (tertiary alicyclic amines) is 1. The molecule has 0 spiro atoms. The zero-order valence-electron chi connectivity index (χ0n) is 15.0. The first-order valence-electron chi connectivity index (χ1n) is 8.69. The zero-order valence-corrected chi connectivity index (χ0v) is 15.0. The highest BCUT2D eigenvalue weighted by Crippen LogP contribution is 2.30. The molecule has 1 amide bonds. The van der Waals surface area contributed by atoms with E-state index >= 15 is 0 Å². The van der Waals surface area contributed by atoms with Crippen LogP contribution in [0.3, 0.4) is 0 Å². The lowest BCUT2D eigenvalue weighted by Gasteiger charge is -2.33. The summed E-state index contributed by atoms with van der Waals surface area (Å²) in [5.74, 6) is 0.860. The Morgan fingerprint density at radius 3 is 2.68 bits per heavy atom. The summed E-state index contributed by atoms with van der Waals surface area (Å²) in [7, 11) is 0. The van der Waals surface area contributed by atoms with Crippen molar-refractivity contribution < 1.29 is 13.6 Å². The summed E-state index contributed by atoms with van der Waals surface area (Å²) in [5.41, 5.74) is 0.668. The first-order chi connectivity index (χ1) is 11.8. The number of nitrogens with zero attached hydrogens (tertiary/aromatic N) is 3. The second-order valence-corrected chi connectivity index (χ2v) is 7.87. The topological polar surface area (TPSA) is 59.2 Å². The van der Waals surface area contributed by atoms with E-state index in [0.29, 0.717) is 30.3 Å². The van der Waals surface area contributed by atoms with Crippen molar-refractivity contribution in [1.29, 1.82) is 0 Å². The normalized spacial score (nSPS) is 18.4. The highest BCUT2D eigenvalue weighted by molar-refractivity contribution is 5.77. The average molecular weight is 345 g/mol. The minimum atomic E-state index is -0.302. The van der Waals surface area contributed by atoms with Crippen molar-refractivity contribution in [1.82, 2.24) is 15.1 Å². The lowest BCUT2D eigenvalue weighted by molar-refractivity contribution is -0.134. The Morgan fingerprint density at radius 2 is 2.00 bits per heavy atom. The number of amides is 1. The molecule has 0 aliphatic carbocycles. The Bertz CT molecular complexity index is 734. The molecule has 1 aliphatic rings. The van der Waals surface area contributed by atoms with E-state index in [-0.39, 0.29) is 23.1 Å². The van der Waals surface area contributed by atoms with E-state index < -0.39 is 0 Å². The van der Waals surface area contributed by atoms with Crippen molar-refractivity contribution in [3.05, 3.63) is 36.0 Å². The van der Waals surface area contributed by atoms with Crippen molar-refractivity contribution in [3.63, 3.8) is 0 Å². The summed E-state index contributed by atoms with van der Waals surface area (Å²) in [6.07, 6.45) is 2.38. The van der Waals surface area contributed by atoms with Gasteiger partial charge in [-0.05, 0) is 42.5 Å². The quantitative estimate of drug-likeness (QED) is 0.843. The van der Waals surface area contributed by atoms with E-state index in [2.05, 4.69) is 31.0 Å². The number of carbonyl (C=O) groups is 1. The van der Waals surface area contributed by atoms with E-state index in [0.717, 1.165) is 19.4 Å². The van der Waals surface area contributed by atoms with Gasteiger partial charge in [0, 0.05) is 25.1 Å². The molecule has 2 aromatic rings. The third-order valence-electron chi connectivity index (χ3n) is 4.34. The first-order valence-corrected chi connectivity index (χ1v) is 8.69. The minimum Gasteiger partial charge on any atom is -0.420 e. The molecule has 5 nitrogen and oxygen atoms in total. The summed E-state index contributed by atoms with van der Waals surface area (Å²) in [6, 6.07) is 5.97. The fourth-order valence-electron chi connectivity index (χ4n) is 3.08. The Labute approximate surface area is 147 Å². The van der Waals surface area contributed by atoms with Gasteiger partial charge < -0.3 is 9.32 Å². The molecule has 1 atom stereocenters. The predicted molar refractivity (Wildman–Crippen MR) is 92.3 cm³/mol. The molecule has 6 heteroatoms. The van der Waals surface area contributed by atoms with Gasteiger partial charge in [0.05, 0.1) is 5.92 Å². The van der Waals surface area contributed by atoms with Gasteiger partial charge in [-0.25, -0.2) is 4.39 Å². The van der Waals surface area contributed by atoms with Crippen LogP contribution in [-0.4, -0.2) is 34.1 Å². The third kappa shape index (κ3) is 4.44. The van der Waals surface area contributed by atoms with Crippen LogP contribution in [0.5, 0.6) is 0 Å². The molecule has 25 heavy (non-hydrogen) atoms. The van der Waals surface area contributed by atoms with Gasteiger partial charge in [0.1, 0.15) is 5.82 Å². The number of hydrogen-bond acceptors (Lipinski definition) is 4. The molecule has 1 unspecified atom stereocenters. The fourth-order valence-corrected chi connectivity index (χ4v) is 3.08. The van der Waals surface area contributed by atoms with Gasteiger partial charge >= 0.3 is 0 Å². The van der Waals surface area contributed by atoms with Crippen LogP contribution in [0.25, 0.3) is 11.5 Å². The smallest absolute Gasteiger partial charge is 0.247 e. The van der Waals surface area contributed by atoms with Gasteiger partial charge in [0.2, 0.25) is 17.7 Å². The maximum Gasteiger partial charge on any atom is 0.247 e. The van der Waals surface area contributed by atoms with Gasteiger partial charge in [0.25, 0.3) is 0 Å². The molecule has 1 aromatic heterocycles. The summed E-state index contributed by atoms with van der Waals surface area (Å²) in [6.45, 7) is 7.60. The van der Waals surface area contributed by atoms with Crippen molar-refractivity contribution >= 4 is 5.91 Å². The molecule has 1 saturated heterocycles. The van der Waals surface area contributed by atoms with Crippen LogP contribution < -0.4 is 0 Å². The Hall–Kier alpha value is -2.24. The van der Waals surface area contributed by atoms with Crippen LogP contribution in [0.2, 0.25) is 0 Å². The molecule has 0 bridgehead atoms. The summed E-state index contributed by atoms with van der Waals surface area (Å²) < 4.78 is 18.8. The summed E-state index contributed by atoms with van der Waals surface area (Å²) in [4.78, 5) is 14.4. The Morgan fingerprint density at radius 1 is 1.28 bits per heavy atom. The monoisotopic (exact) mass is 345 g/mol. The summed E-state index contributed by atoms with van der Waals surface area (Å²) in [5, 5.41) is 8.24. The number of carbonyl (C=O) groups excluding carboxylic acids is 1. The number of hydrogen-bond donors (Lipinski definition) is 0. The minimum absolute atomic E-state index is 0.0235. The van der Waals surface area contributed by atoms with Crippen molar-refractivity contribution in [2.75, 3.05) is 13.1 Å². The van der Waals surface area contributed by atoms with E-state index in [1.165, 1.54) is 12.1 Å². The lowest BCUT2D eigenvalue weighted by Crippen LogP contribution is -2.40. The number of aromatic nitrogens is 2. The van der Waals surface area contributed by atoms with Gasteiger partial charge in [-0.3, -0.25) is 4.79 Å². The van der Waals surface area contributed by atoms with E-state index in [4.69, 9.17) is 4.42 Å². The van der Waals surface area contributed by atoms with Crippen molar-refractivity contribution in [3.8, 4) is 11.5 Å². The molecular formula is C19H24FN3O2. The van der Waals surface area contributed by atoms with Crippen LogP contribution in [0.15, 0.2) is 28.7 Å². The highest BCUT2D eigenvalue weighted by atomic mass is 19.1. The van der Waals surface area contributed by atoms with E-state index in [9.17, 15) is 9.18 Å². The molecule has 134 valence electrons. The third-order valence-corrected chi connectivity index (χ3v) is 4.34. The zero-order chi connectivity index (χ0) is 18.0. The predicted octanol–water partition coefficient (Wildman–Crippen LogP) is 4.02. The molecule has 0 radical (unpaired) electrons. The largest absolute Gasteiger partial charge is 0.420 e. The lowest BCUT2D eigenvalue weighted by atomic mass is 9.90. The van der Waals surface area contributed by atoms with E-state index in [1.807, 2.05) is 4.90 Å². The SMILES string of the molecule is CC(C)(C)CC(=O)N1CCCC(c2nnc(-c3ccc(F)cc3)o2)C1. The molecule has 1 aliphatic heterocycles. The van der Waals surface area contributed by atoms with Crippen LogP contribution in [-0.2, 0) is 4.79 Å². The highest BCUT2D eigenvalue weighted by Gasteiger charge is 2.30. The average Bonchev–Trinajstić information content (AvgIpc) is 3.04. The van der Waals surface area contributed by atoms with Gasteiger partial charge in [-0.1, -0.05) is 20.8 Å².